The lowest BCUT2D eigenvalue weighted by molar-refractivity contribution is 0.103. The highest BCUT2D eigenvalue weighted by Crippen LogP contribution is 2.25. The van der Waals surface area contributed by atoms with Gasteiger partial charge in [-0.1, -0.05) is 6.42 Å². The quantitative estimate of drug-likeness (QED) is 0.402. The van der Waals surface area contributed by atoms with E-state index in [0.29, 0.717) is 27.0 Å². The number of aromatic nitrogens is 4. The van der Waals surface area contributed by atoms with Crippen LogP contribution in [-0.4, -0.2) is 25.7 Å². The fourth-order valence-electron chi connectivity index (χ4n) is 3.99. The van der Waals surface area contributed by atoms with Crippen molar-refractivity contribution in [3.8, 4) is 17.1 Å². The van der Waals surface area contributed by atoms with E-state index in [1.54, 1.807) is 19.1 Å². The molecule has 174 valence electrons. The molecule has 9 heteroatoms. The highest BCUT2D eigenvalue weighted by molar-refractivity contribution is 7.13. The molecule has 1 aliphatic rings. The number of halogens is 1. The molecule has 0 bridgehead atoms. The zero-order chi connectivity index (χ0) is 23.5. The summed E-state index contributed by atoms with van der Waals surface area (Å²) in [5, 5.41) is 12.4. The number of hydrogen-bond donors (Lipinski definition) is 1. The van der Waals surface area contributed by atoms with Crippen LogP contribution >= 0.6 is 11.3 Å². The van der Waals surface area contributed by atoms with Gasteiger partial charge in [-0.05, 0) is 68.3 Å². The third-order valence-corrected chi connectivity index (χ3v) is 6.86. The number of aryl methyl sites for hydroxylation is 2. The van der Waals surface area contributed by atoms with Gasteiger partial charge in [-0.3, -0.25) is 4.79 Å². The lowest BCUT2D eigenvalue weighted by Crippen LogP contribution is -2.11. The molecular weight excluding hydrogens is 453 g/mol. The van der Waals surface area contributed by atoms with Gasteiger partial charge < -0.3 is 14.6 Å². The number of carbonyl (C=O) groups is 1. The Hall–Kier alpha value is -3.59. The van der Waals surface area contributed by atoms with Gasteiger partial charge >= 0.3 is 0 Å². The van der Waals surface area contributed by atoms with Crippen LogP contribution in [0.1, 0.15) is 45.5 Å². The maximum Gasteiger partial charge on any atom is 0.267 e. The largest absolute Gasteiger partial charge is 0.486 e. The maximum absolute atomic E-state index is 13.0. The van der Waals surface area contributed by atoms with Crippen molar-refractivity contribution in [3.63, 3.8) is 0 Å². The van der Waals surface area contributed by atoms with Crippen LogP contribution in [-0.2, 0) is 19.6 Å². The Labute approximate surface area is 200 Å². The number of carbonyl (C=O) groups excluding carboxylic acids is 1. The van der Waals surface area contributed by atoms with Crippen LogP contribution in [0.5, 0.6) is 5.75 Å². The molecule has 2 aromatic carbocycles. The molecular formula is C25H24FN5O2S. The minimum Gasteiger partial charge on any atom is -0.486 e. The van der Waals surface area contributed by atoms with Gasteiger partial charge in [0.25, 0.3) is 5.91 Å². The summed E-state index contributed by atoms with van der Waals surface area (Å²) in [4.78, 5) is 17.8. The van der Waals surface area contributed by atoms with Crippen molar-refractivity contribution < 1.29 is 13.9 Å². The number of nitrogens with one attached hydrogen (secondary N) is 1. The molecule has 0 saturated carbocycles. The van der Waals surface area contributed by atoms with Crippen LogP contribution in [0, 0.1) is 12.7 Å². The summed E-state index contributed by atoms with van der Waals surface area (Å²) >= 11 is 1.28. The number of amides is 1. The van der Waals surface area contributed by atoms with Gasteiger partial charge in [0.2, 0.25) is 0 Å². The third kappa shape index (κ3) is 4.84. The van der Waals surface area contributed by atoms with Gasteiger partial charge in [0.1, 0.15) is 33.9 Å². The number of fused-ring (bicyclic) bond motifs is 1. The summed E-state index contributed by atoms with van der Waals surface area (Å²) in [7, 11) is 0. The Morgan fingerprint density at radius 3 is 2.68 bits per heavy atom. The second-order valence-electron chi connectivity index (χ2n) is 8.20. The minimum atomic E-state index is -0.319. The molecule has 0 fully saturated rings. The van der Waals surface area contributed by atoms with Crippen LogP contribution in [0.3, 0.4) is 0 Å². The molecule has 3 heterocycles. The lowest BCUT2D eigenvalue weighted by atomic mass is 10.2. The first-order valence-corrected chi connectivity index (χ1v) is 12.1. The lowest BCUT2D eigenvalue weighted by Gasteiger charge is -2.08. The van der Waals surface area contributed by atoms with Crippen molar-refractivity contribution in [2.24, 2.45) is 0 Å². The fourth-order valence-corrected chi connectivity index (χ4v) is 4.86. The number of rotatable bonds is 6. The SMILES string of the molecule is Cc1nc(COc2ccc(F)cc2)sc1C(=O)Nc1ccc(-c2nnc3n2CCCCC3)cc1. The summed E-state index contributed by atoms with van der Waals surface area (Å²) in [5.41, 5.74) is 2.32. The Bertz CT molecular complexity index is 1300. The van der Waals surface area contributed by atoms with Crippen LogP contribution in [0.15, 0.2) is 48.5 Å². The first-order chi connectivity index (χ1) is 16.6. The highest BCUT2D eigenvalue weighted by atomic mass is 32.1. The number of thiazole rings is 1. The van der Waals surface area contributed by atoms with E-state index in [9.17, 15) is 9.18 Å². The third-order valence-electron chi connectivity index (χ3n) is 5.73. The smallest absolute Gasteiger partial charge is 0.267 e. The van der Waals surface area contributed by atoms with Gasteiger partial charge in [0.15, 0.2) is 5.82 Å². The number of ether oxygens (including phenoxy) is 1. The van der Waals surface area contributed by atoms with E-state index in [4.69, 9.17) is 4.74 Å². The number of nitrogens with zero attached hydrogens (tertiary/aromatic N) is 4. The van der Waals surface area contributed by atoms with Crippen LogP contribution in [0.2, 0.25) is 0 Å². The Morgan fingerprint density at radius 2 is 1.88 bits per heavy atom. The molecule has 5 rings (SSSR count). The van der Waals surface area contributed by atoms with Crippen molar-refractivity contribution in [2.45, 2.75) is 45.8 Å². The second kappa shape index (κ2) is 9.72. The molecule has 0 spiro atoms. The van der Waals surface area contributed by atoms with E-state index in [0.717, 1.165) is 43.0 Å². The van der Waals surface area contributed by atoms with E-state index in [-0.39, 0.29) is 18.3 Å². The highest BCUT2D eigenvalue weighted by Gasteiger charge is 2.18. The molecule has 4 aromatic rings. The van der Waals surface area contributed by atoms with E-state index in [1.807, 2.05) is 24.3 Å². The van der Waals surface area contributed by atoms with Crippen LogP contribution < -0.4 is 10.1 Å². The van der Waals surface area contributed by atoms with Crippen molar-refractivity contribution in [1.82, 2.24) is 19.7 Å². The summed E-state index contributed by atoms with van der Waals surface area (Å²) in [6, 6.07) is 13.5. The number of hydrogen-bond acceptors (Lipinski definition) is 6. The molecule has 34 heavy (non-hydrogen) atoms. The molecule has 0 radical (unpaired) electrons. The van der Waals surface area contributed by atoms with Crippen LogP contribution in [0.25, 0.3) is 11.4 Å². The molecule has 0 saturated heterocycles. The van der Waals surface area contributed by atoms with Crippen molar-refractivity contribution in [2.75, 3.05) is 5.32 Å². The van der Waals surface area contributed by atoms with E-state index >= 15 is 0 Å². The average molecular weight is 478 g/mol. The predicted molar refractivity (Wildman–Crippen MR) is 129 cm³/mol. The van der Waals surface area contributed by atoms with Crippen molar-refractivity contribution in [3.05, 3.63) is 75.8 Å². The topological polar surface area (TPSA) is 81.9 Å². The summed E-state index contributed by atoms with van der Waals surface area (Å²) in [6.45, 7) is 2.95. The van der Waals surface area contributed by atoms with E-state index in [2.05, 4.69) is 25.1 Å². The first kappa shape index (κ1) is 22.2. The molecule has 0 atom stereocenters. The number of anilines is 1. The van der Waals surface area contributed by atoms with E-state index in [1.165, 1.54) is 29.9 Å². The summed E-state index contributed by atoms with van der Waals surface area (Å²) in [6.07, 6.45) is 4.47. The molecule has 2 aromatic heterocycles. The van der Waals surface area contributed by atoms with Crippen LogP contribution in [0.4, 0.5) is 10.1 Å². The zero-order valence-electron chi connectivity index (χ0n) is 18.8. The first-order valence-electron chi connectivity index (χ1n) is 11.3. The molecule has 1 aliphatic heterocycles. The minimum absolute atomic E-state index is 0.210. The maximum atomic E-state index is 13.0. The average Bonchev–Trinajstić information content (AvgIpc) is 3.34. The predicted octanol–water partition coefficient (Wildman–Crippen LogP) is 5.41. The van der Waals surface area contributed by atoms with Gasteiger partial charge in [-0.2, -0.15) is 0 Å². The van der Waals surface area contributed by atoms with Gasteiger partial charge in [-0.25, -0.2) is 9.37 Å². The molecule has 1 amide bonds. The summed E-state index contributed by atoms with van der Waals surface area (Å²) in [5.74, 6) is 1.93. The Kier molecular flexibility index (Phi) is 6.35. The van der Waals surface area contributed by atoms with Crippen molar-refractivity contribution >= 4 is 22.9 Å². The standard InChI is InChI=1S/C25H24FN5O2S/c1-16-23(34-22(27-16)15-33-20-12-8-18(26)9-13-20)25(32)28-19-10-6-17(7-11-19)24-30-29-21-5-3-2-4-14-31(21)24/h6-13H,2-5,14-15H2,1H3,(H,28,32). The monoisotopic (exact) mass is 477 g/mol. The Morgan fingerprint density at radius 1 is 1.09 bits per heavy atom. The van der Waals surface area contributed by atoms with Crippen molar-refractivity contribution in [1.29, 1.82) is 0 Å². The summed E-state index contributed by atoms with van der Waals surface area (Å²) < 4.78 is 20.9. The molecule has 1 N–H and O–H groups in total. The van der Waals surface area contributed by atoms with Gasteiger partial charge in [0, 0.05) is 24.2 Å². The normalized spacial score (nSPS) is 13.2. The van der Waals surface area contributed by atoms with E-state index < -0.39 is 0 Å². The molecule has 0 aliphatic carbocycles. The Balaban J connectivity index is 1.24. The second-order valence-corrected chi connectivity index (χ2v) is 9.28. The fraction of sp³-hybridized carbons (Fsp3) is 0.280. The van der Waals surface area contributed by atoms with Gasteiger partial charge in [0.05, 0.1) is 5.69 Å². The zero-order valence-corrected chi connectivity index (χ0v) is 19.6. The van der Waals surface area contributed by atoms with Gasteiger partial charge in [-0.15, -0.1) is 21.5 Å². The molecule has 7 nitrogen and oxygen atoms in total. The molecule has 0 unspecified atom stereocenters. The number of benzene rings is 2.